The number of aliphatic hydroxyl groups is 1. The summed E-state index contributed by atoms with van der Waals surface area (Å²) >= 11 is 0. The summed E-state index contributed by atoms with van der Waals surface area (Å²) in [7, 11) is 0. The zero-order chi connectivity index (χ0) is 11.5. The molecule has 0 fully saturated rings. The summed E-state index contributed by atoms with van der Waals surface area (Å²) in [6.07, 6.45) is -4.75. The van der Waals surface area contributed by atoms with Crippen LogP contribution in [0, 0.1) is 0 Å². The van der Waals surface area contributed by atoms with Crippen LogP contribution in [0.2, 0.25) is 0 Å². The molecule has 1 unspecified atom stereocenters. The van der Waals surface area contributed by atoms with Gasteiger partial charge in [-0.15, -0.1) is 0 Å². The fraction of sp³-hybridized carbons (Fsp3) is 0.400. The van der Waals surface area contributed by atoms with E-state index in [2.05, 4.69) is 0 Å². The summed E-state index contributed by atoms with van der Waals surface area (Å²) in [6.45, 7) is 0.0982. The van der Waals surface area contributed by atoms with E-state index in [-0.39, 0.29) is 13.0 Å². The topological polar surface area (TPSA) is 46.2 Å². The Morgan fingerprint density at radius 2 is 1.73 bits per heavy atom. The molecule has 0 heterocycles. The van der Waals surface area contributed by atoms with Gasteiger partial charge in [-0.3, -0.25) is 0 Å². The molecule has 84 valence electrons. The van der Waals surface area contributed by atoms with Crippen molar-refractivity contribution in [1.29, 1.82) is 0 Å². The molecule has 5 heteroatoms. The Morgan fingerprint density at radius 1 is 1.20 bits per heavy atom. The van der Waals surface area contributed by atoms with Gasteiger partial charge in [0, 0.05) is 6.54 Å². The first-order chi connectivity index (χ1) is 6.93. The molecule has 15 heavy (non-hydrogen) atoms. The van der Waals surface area contributed by atoms with Crippen molar-refractivity contribution in [1.82, 2.24) is 0 Å². The third kappa shape index (κ3) is 3.53. The predicted molar refractivity (Wildman–Crippen MR) is 50.2 cm³/mol. The quantitative estimate of drug-likeness (QED) is 0.810. The van der Waals surface area contributed by atoms with Crippen LogP contribution in [-0.4, -0.2) is 17.8 Å². The molecule has 2 nitrogen and oxygen atoms in total. The van der Waals surface area contributed by atoms with Crippen LogP contribution in [0.25, 0.3) is 0 Å². The van der Waals surface area contributed by atoms with Crippen LogP contribution in [0.4, 0.5) is 13.2 Å². The summed E-state index contributed by atoms with van der Waals surface area (Å²) in [6, 6.07) is 4.69. The molecule has 0 bridgehead atoms. The van der Waals surface area contributed by atoms with E-state index in [0.717, 1.165) is 12.1 Å². The first-order valence-corrected chi connectivity index (χ1v) is 4.47. The van der Waals surface area contributed by atoms with Crippen LogP contribution < -0.4 is 5.73 Å². The molecule has 0 radical (unpaired) electrons. The van der Waals surface area contributed by atoms with E-state index in [1.807, 2.05) is 0 Å². The molecule has 1 atom stereocenters. The Morgan fingerprint density at radius 3 is 2.13 bits per heavy atom. The lowest BCUT2D eigenvalue weighted by Gasteiger charge is -2.09. The summed E-state index contributed by atoms with van der Waals surface area (Å²) in [5, 5.41) is 9.19. The average Bonchev–Trinajstić information content (AvgIpc) is 2.17. The van der Waals surface area contributed by atoms with Gasteiger partial charge in [0.25, 0.3) is 0 Å². The van der Waals surface area contributed by atoms with Gasteiger partial charge in [-0.2, -0.15) is 13.2 Å². The number of hydrogen-bond donors (Lipinski definition) is 2. The van der Waals surface area contributed by atoms with Gasteiger partial charge >= 0.3 is 6.18 Å². The monoisotopic (exact) mass is 219 g/mol. The van der Waals surface area contributed by atoms with Crippen molar-refractivity contribution in [2.75, 3.05) is 6.54 Å². The molecule has 1 rings (SSSR count). The number of halogens is 3. The Labute approximate surface area is 85.5 Å². The third-order valence-corrected chi connectivity index (χ3v) is 2.02. The lowest BCUT2D eigenvalue weighted by atomic mass is 10.1. The van der Waals surface area contributed by atoms with Crippen molar-refractivity contribution < 1.29 is 18.3 Å². The summed E-state index contributed by atoms with van der Waals surface area (Å²) in [5.74, 6) is 0. The molecule has 1 aromatic rings. The van der Waals surface area contributed by atoms with Crippen LogP contribution in [-0.2, 0) is 12.6 Å². The Kier molecular flexibility index (Phi) is 3.71. The van der Waals surface area contributed by atoms with Gasteiger partial charge in [0.2, 0.25) is 0 Å². The lowest BCUT2D eigenvalue weighted by molar-refractivity contribution is -0.137. The van der Waals surface area contributed by atoms with E-state index < -0.39 is 17.8 Å². The number of nitrogens with two attached hydrogens (primary N) is 1. The second-order valence-corrected chi connectivity index (χ2v) is 3.29. The maximum absolute atomic E-state index is 12.2. The summed E-state index contributed by atoms with van der Waals surface area (Å²) < 4.78 is 36.5. The van der Waals surface area contributed by atoms with Gasteiger partial charge in [0.05, 0.1) is 11.7 Å². The van der Waals surface area contributed by atoms with E-state index >= 15 is 0 Å². The van der Waals surface area contributed by atoms with E-state index in [4.69, 9.17) is 5.73 Å². The Balaban J connectivity index is 2.73. The molecular formula is C10H12F3NO. The van der Waals surface area contributed by atoms with E-state index in [1.165, 1.54) is 12.1 Å². The highest BCUT2D eigenvalue weighted by Crippen LogP contribution is 2.29. The van der Waals surface area contributed by atoms with Gasteiger partial charge < -0.3 is 10.8 Å². The van der Waals surface area contributed by atoms with Crippen molar-refractivity contribution in [2.45, 2.75) is 18.7 Å². The van der Waals surface area contributed by atoms with Gasteiger partial charge in [0.15, 0.2) is 0 Å². The first kappa shape index (κ1) is 12.0. The average molecular weight is 219 g/mol. The normalized spacial score (nSPS) is 13.9. The lowest BCUT2D eigenvalue weighted by Crippen LogP contribution is -2.22. The molecule has 0 aliphatic heterocycles. The predicted octanol–water partition coefficient (Wildman–Crippen LogP) is 1.57. The molecule has 0 aliphatic rings. The number of rotatable bonds is 3. The zero-order valence-electron chi connectivity index (χ0n) is 7.96. The minimum atomic E-state index is -4.31. The van der Waals surface area contributed by atoms with Crippen molar-refractivity contribution >= 4 is 0 Å². The number of hydrogen-bond acceptors (Lipinski definition) is 2. The van der Waals surface area contributed by atoms with Crippen molar-refractivity contribution in [3.05, 3.63) is 35.4 Å². The highest BCUT2D eigenvalue weighted by molar-refractivity contribution is 5.25. The summed E-state index contributed by atoms with van der Waals surface area (Å²) in [4.78, 5) is 0. The Hall–Kier alpha value is -1.07. The van der Waals surface area contributed by atoms with Crippen molar-refractivity contribution in [3.63, 3.8) is 0 Å². The third-order valence-electron chi connectivity index (χ3n) is 2.02. The molecule has 1 aromatic carbocycles. The molecule has 0 spiro atoms. The molecule has 0 saturated carbocycles. The maximum atomic E-state index is 12.2. The van der Waals surface area contributed by atoms with Crippen LogP contribution >= 0.6 is 0 Å². The second kappa shape index (κ2) is 4.63. The van der Waals surface area contributed by atoms with Crippen LogP contribution in [0.3, 0.4) is 0 Å². The number of benzene rings is 1. The molecule has 0 saturated heterocycles. The van der Waals surface area contributed by atoms with E-state index in [1.54, 1.807) is 0 Å². The number of alkyl halides is 3. The summed E-state index contributed by atoms with van der Waals surface area (Å²) in [5.41, 5.74) is 5.14. The molecule has 0 aromatic heterocycles. The SMILES string of the molecule is NCC(O)Cc1ccc(C(F)(F)F)cc1. The van der Waals surface area contributed by atoms with Gasteiger partial charge in [-0.1, -0.05) is 12.1 Å². The largest absolute Gasteiger partial charge is 0.416 e. The molecule has 0 aliphatic carbocycles. The number of aliphatic hydroxyl groups excluding tert-OH is 1. The van der Waals surface area contributed by atoms with Gasteiger partial charge in [-0.05, 0) is 24.1 Å². The second-order valence-electron chi connectivity index (χ2n) is 3.29. The fourth-order valence-electron chi connectivity index (χ4n) is 1.19. The first-order valence-electron chi connectivity index (χ1n) is 4.47. The smallest absolute Gasteiger partial charge is 0.391 e. The zero-order valence-corrected chi connectivity index (χ0v) is 7.96. The van der Waals surface area contributed by atoms with Crippen LogP contribution in [0.15, 0.2) is 24.3 Å². The molecule has 0 amide bonds. The highest BCUT2D eigenvalue weighted by atomic mass is 19.4. The van der Waals surface area contributed by atoms with E-state index in [0.29, 0.717) is 5.56 Å². The van der Waals surface area contributed by atoms with Crippen LogP contribution in [0.1, 0.15) is 11.1 Å². The van der Waals surface area contributed by atoms with Gasteiger partial charge in [-0.25, -0.2) is 0 Å². The van der Waals surface area contributed by atoms with Gasteiger partial charge in [0.1, 0.15) is 0 Å². The molecule has 3 N–H and O–H groups in total. The Bertz CT molecular complexity index is 307. The highest BCUT2D eigenvalue weighted by Gasteiger charge is 2.29. The minimum Gasteiger partial charge on any atom is -0.391 e. The maximum Gasteiger partial charge on any atom is 0.416 e. The molecular weight excluding hydrogens is 207 g/mol. The minimum absolute atomic E-state index is 0.0982. The van der Waals surface area contributed by atoms with Crippen LogP contribution in [0.5, 0.6) is 0 Å². The van der Waals surface area contributed by atoms with Crippen molar-refractivity contribution in [2.24, 2.45) is 5.73 Å². The standard InChI is InChI=1S/C10H12F3NO/c11-10(12,13)8-3-1-7(2-4-8)5-9(15)6-14/h1-4,9,15H,5-6,14H2. The fourth-order valence-corrected chi connectivity index (χ4v) is 1.19. The van der Waals surface area contributed by atoms with Crippen molar-refractivity contribution in [3.8, 4) is 0 Å². The van der Waals surface area contributed by atoms with E-state index in [9.17, 15) is 18.3 Å².